The van der Waals surface area contributed by atoms with Crippen LogP contribution in [0.3, 0.4) is 0 Å². The van der Waals surface area contributed by atoms with Crippen molar-refractivity contribution in [2.45, 2.75) is 26.2 Å². The third-order valence-electron chi connectivity index (χ3n) is 2.35. The minimum absolute atomic E-state index is 0.0234. The van der Waals surface area contributed by atoms with Crippen LogP contribution in [0.2, 0.25) is 0 Å². The van der Waals surface area contributed by atoms with Crippen LogP contribution in [0.4, 0.5) is 4.79 Å². The second-order valence-corrected chi connectivity index (χ2v) is 3.67. The number of hydrogen-bond acceptors (Lipinski definition) is 2. The molecule has 0 bridgehead atoms. The quantitative estimate of drug-likeness (QED) is 0.691. The number of rotatable bonds is 5. The Balaban J connectivity index is 2.17. The van der Waals surface area contributed by atoms with Crippen LogP contribution in [0.15, 0.2) is 0 Å². The molecule has 1 rings (SSSR count). The third-order valence-corrected chi connectivity index (χ3v) is 2.35. The summed E-state index contributed by atoms with van der Waals surface area (Å²) >= 11 is 0. The maximum atomic E-state index is 11.3. The normalized spacial score (nSPS) is 16.1. The molecular weight excluding hydrogens is 194 g/mol. The lowest BCUT2D eigenvalue weighted by Gasteiger charge is -2.27. The molecule has 0 aliphatic carbocycles. The molecule has 86 valence electrons. The molecule has 1 aliphatic rings. The van der Waals surface area contributed by atoms with Crippen LogP contribution in [0.1, 0.15) is 26.2 Å². The van der Waals surface area contributed by atoms with Crippen molar-refractivity contribution in [1.29, 1.82) is 0 Å². The van der Waals surface area contributed by atoms with E-state index in [1.165, 1.54) is 0 Å². The van der Waals surface area contributed by atoms with Gasteiger partial charge in [-0.1, -0.05) is 6.92 Å². The number of hydrogen-bond donors (Lipinski definition) is 2. The van der Waals surface area contributed by atoms with Crippen LogP contribution in [0, 0.1) is 0 Å². The first-order chi connectivity index (χ1) is 7.24. The summed E-state index contributed by atoms with van der Waals surface area (Å²) in [5.74, 6) is 0.0234. The van der Waals surface area contributed by atoms with Crippen LogP contribution >= 0.6 is 0 Å². The maximum Gasteiger partial charge on any atom is 0.317 e. The minimum Gasteiger partial charge on any atom is -0.356 e. The predicted molar refractivity (Wildman–Crippen MR) is 57.5 cm³/mol. The van der Waals surface area contributed by atoms with Gasteiger partial charge in [0.15, 0.2) is 0 Å². The summed E-state index contributed by atoms with van der Waals surface area (Å²) in [6.45, 7) is 4.75. The van der Waals surface area contributed by atoms with E-state index in [2.05, 4.69) is 10.6 Å². The molecule has 0 saturated carbocycles. The molecule has 5 nitrogen and oxygen atoms in total. The van der Waals surface area contributed by atoms with Crippen molar-refractivity contribution in [2.24, 2.45) is 0 Å². The van der Waals surface area contributed by atoms with Gasteiger partial charge in [-0.2, -0.15) is 0 Å². The average molecular weight is 213 g/mol. The lowest BCUT2D eigenvalue weighted by molar-refractivity contribution is -0.121. The van der Waals surface area contributed by atoms with E-state index >= 15 is 0 Å². The minimum atomic E-state index is -0.0514. The molecule has 0 unspecified atom stereocenters. The molecule has 5 heteroatoms. The number of nitrogens with one attached hydrogen (secondary N) is 2. The predicted octanol–water partition coefficient (Wildman–Crippen LogP) is 0.318. The van der Waals surface area contributed by atoms with Gasteiger partial charge in [0.1, 0.15) is 0 Å². The topological polar surface area (TPSA) is 61.4 Å². The van der Waals surface area contributed by atoms with Gasteiger partial charge in [0, 0.05) is 32.6 Å². The molecule has 2 N–H and O–H groups in total. The molecule has 15 heavy (non-hydrogen) atoms. The maximum absolute atomic E-state index is 11.3. The Labute approximate surface area is 90.2 Å². The van der Waals surface area contributed by atoms with E-state index in [1.54, 1.807) is 4.90 Å². The Morgan fingerprint density at radius 3 is 3.07 bits per heavy atom. The zero-order valence-electron chi connectivity index (χ0n) is 9.21. The molecule has 1 heterocycles. The molecule has 0 spiro atoms. The molecule has 1 saturated heterocycles. The van der Waals surface area contributed by atoms with Crippen molar-refractivity contribution in [2.75, 3.05) is 26.2 Å². The van der Waals surface area contributed by atoms with Crippen molar-refractivity contribution in [1.82, 2.24) is 15.5 Å². The fraction of sp³-hybridized carbons (Fsp3) is 0.800. The second-order valence-electron chi connectivity index (χ2n) is 3.67. The molecule has 3 amide bonds. The number of amides is 3. The Bertz CT molecular complexity index is 231. The van der Waals surface area contributed by atoms with Crippen LogP contribution in [0.25, 0.3) is 0 Å². The Morgan fingerprint density at radius 2 is 2.40 bits per heavy atom. The van der Waals surface area contributed by atoms with Gasteiger partial charge in [-0.15, -0.1) is 0 Å². The van der Waals surface area contributed by atoms with Gasteiger partial charge in [0.25, 0.3) is 0 Å². The first-order valence-electron chi connectivity index (χ1n) is 5.53. The molecule has 0 aromatic rings. The van der Waals surface area contributed by atoms with Crippen LogP contribution in [-0.4, -0.2) is 43.0 Å². The fourth-order valence-electron chi connectivity index (χ4n) is 1.48. The molecule has 0 atom stereocenters. The summed E-state index contributed by atoms with van der Waals surface area (Å²) < 4.78 is 0. The van der Waals surface area contributed by atoms with E-state index in [9.17, 15) is 9.59 Å². The smallest absolute Gasteiger partial charge is 0.317 e. The summed E-state index contributed by atoms with van der Waals surface area (Å²) in [7, 11) is 0. The SMILES string of the molecule is CCCNC(=O)CCN1CCCNC1=O. The lowest BCUT2D eigenvalue weighted by Crippen LogP contribution is -2.47. The largest absolute Gasteiger partial charge is 0.356 e. The number of carbonyl (C=O) groups is 2. The van der Waals surface area contributed by atoms with E-state index in [0.717, 1.165) is 25.9 Å². The van der Waals surface area contributed by atoms with Crippen molar-refractivity contribution in [3.63, 3.8) is 0 Å². The van der Waals surface area contributed by atoms with E-state index in [1.807, 2.05) is 6.92 Å². The fourth-order valence-corrected chi connectivity index (χ4v) is 1.48. The van der Waals surface area contributed by atoms with Gasteiger partial charge in [0.2, 0.25) is 5.91 Å². The summed E-state index contributed by atoms with van der Waals surface area (Å²) in [5, 5.41) is 5.54. The number of urea groups is 1. The lowest BCUT2D eigenvalue weighted by atomic mass is 10.3. The summed E-state index contributed by atoms with van der Waals surface area (Å²) in [6, 6.07) is -0.0514. The van der Waals surface area contributed by atoms with E-state index in [0.29, 0.717) is 19.5 Å². The molecule has 0 aromatic carbocycles. The first-order valence-corrected chi connectivity index (χ1v) is 5.53. The molecule has 0 aromatic heterocycles. The van der Waals surface area contributed by atoms with Gasteiger partial charge in [0.05, 0.1) is 0 Å². The van der Waals surface area contributed by atoms with Crippen molar-refractivity contribution >= 4 is 11.9 Å². The third kappa shape index (κ3) is 4.18. The second kappa shape index (κ2) is 6.27. The van der Waals surface area contributed by atoms with Crippen molar-refractivity contribution in [3.8, 4) is 0 Å². The summed E-state index contributed by atoms with van der Waals surface area (Å²) in [5.41, 5.74) is 0. The monoisotopic (exact) mass is 213 g/mol. The molecular formula is C10H19N3O2. The highest BCUT2D eigenvalue weighted by Crippen LogP contribution is 1.99. The van der Waals surface area contributed by atoms with Crippen molar-refractivity contribution < 1.29 is 9.59 Å². The van der Waals surface area contributed by atoms with Crippen LogP contribution in [-0.2, 0) is 4.79 Å². The van der Waals surface area contributed by atoms with E-state index < -0.39 is 0 Å². The molecule has 0 radical (unpaired) electrons. The zero-order chi connectivity index (χ0) is 11.1. The van der Waals surface area contributed by atoms with Crippen molar-refractivity contribution in [3.05, 3.63) is 0 Å². The Kier molecular flexibility index (Phi) is 4.93. The standard InChI is InChI=1S/C10H19N3O2/c1-2-5-11-9(14)4-8-13-7-3-6-12-10(13)15/h2-8H2,1H3,(H,11,14)(H,12,15). The van der Waals surface area contributed by atoms with Crippen LogP contribution < -0.4 is 10.6 Å². The Hall–Kier alpha value is -1.26. The van der Waals surface area contributed by atoms with E-state index in [-0.39, 0.29) is 11.9 Å². The van der Waals surface area contributed by atoms with Gasteiger partial charge < -0.3 is 15.5 Å². The zero-order valence-corrected chi connectivity index (χ0v) is 9.21. The highest BCUT2D eigenvalue weighted by molar-refractivity contribution is 5.78. The van der Waals surface area contributed by atoms with Gasteiger partial charge in [-0.3, -0.25) is 4.79 Å². The van der Waals surface area contributed by atoms with Gasteiger partial charge in [-0.05, 0) is 12.8 Å². The highest BCUT2D eigenvalue weighted by Gasteiger charge is 2.17. The van der Waals surface area contributed by atoms with Crippen LogP contribution in [0.5, 0.6) is 0 Å². The van der Waals surface area contributed by atoms with E-state index in [4.69, 9.17) is 0 Å². The average Bonchev–Trinajstić information content (AvgIpc) is 2.25. The summed E-state index contributed by atoms with van der Waals surface area (Å²) in [4.78, 5) is 24.3. The summed E-state index contributed by atoms with van der Waals surface area (Å²) in [6.07, 6.45) is 2.30. The number of carbonyl (C=O) groups excluding carboxylic acids is 2. The first kappa shape index (κ1) is 11.8. The molecule has 1 aliphatic heterocycles. The highest BCUT2D eigenvalue weighted by atomic mass is 16.2. The molecule has 1 fully saturated rings. The van der Waals surface area contributed by atoms with Gasteiger partial charge in [-0.25, -0.2) is 4.79 Å². The number of nitrogens with zero attached hydrogens (tertiary/aromatic N) is 1. The van der Waals surface area contributed by atoms with Gasteiger partial charge >= 0.3 is 6.03 Å². The Morgan fingerprint density at radius 1 is 1.60 bits per heavy atom.